The molecule has 1 aromatic carbocycles. The third kappa shape index (κ3) is 3.29. The fourth-order valence-electron chi connectivity index (χ4n) is 3.22. The van der Waals surface area contributed by atoms with Crippen molar-refractivity contribution >= 4 is 28.8 Å². The van der Waals surface area contributed by atoms with Gasteiger partial charge in [0, 0.05) is 5.56 Å². The molecule has 3 amide bonds. The average molecular weight is 343 g/mol. The molecule has 1 N–H and O–H groups in total. The standard InChI is InChI=1S/C17H17N3O3S/c18-9-11-5-7-12(8-6-11)16(22)19-13-3-1-2-4-14(13)20-15(21)10-24-17(20)23/h5-8,13-14H,1-4,10H2,(H,19,22). The molecule has 2 fully saturated rings. The van der Waals surface area contributed by atoms with E-state index in [1.54, 1.807) is 24.3 Å². The van der Waals surface area contributed by atoms with Crippen LogP contribution in [0.15, 0.2) is 24.3 Å². The molecule has 0 spiro atoms. The van der Waals surface area contributed by atoms with Crippen LogP contribution in [-0.2, 0) is 4.79 Å². The lowest BCUT2D eigenvalue weighted by atomic mass is 9.89. The summed E-state index contributed by atoms with van der Waals surface area (Å²) >= 11 is 1.02. The summed E-state index contributed by atoms with van der Waals surface area (Å²) in [5, 5.41) is 11.6. The van der Waals surface area contributed by atoms with Gasteiger partial charge in [0.1, 0.15) is 0 Å². The Hall–Kier alpha value is -2.33. The Labute approximate surface area is 144 Å². The van der Waals surface area contributed by atoms with Crippen LogP contribution >= 0.6 is 11.8 Å². The number of imide groups is 1. The molecule has 0 bridgehead atoms. The molecular formula is C17H17N3O3S. The number of amides is 3. The second-order valence-corrected chi connectivity index (χ2v) is 6.87. The van der Waals surface area contributed by atoms with Crippen molar-refractivity contribution in [3.8, 4) is 6.07 Å². The van der Waals surface area contributed by atoms with Gasteiger partial charge in [-0.2, -0.15) is 5.26 Å². The monoisotopic (exact) mass is 343 g/mol. The minimum atomic E-state index is -0.268. The number of nitriles is 1. The largest absolute Gasteiger partial charge is 0.347 e. The molecule has 1 aliphatic heterocycles. The van der Waals surface area contributed by atoms with Crippen LogP contribution in [0, 0.1) is 11.3 Å². The summed E-state index contributed by atoms with van der Waals surface area (Å²) in [5.41, 5.74) is 0.958. The van der Waals surface area contributed by atoms with Gasteiger partial charge in [0.15, 0.2) is 0 Å². The molecule has 0 radical (unpaired) electrons. The van der Waals surface area contributed by atoms with Crippen LogP contribution in [0.1, 0.15) is 41.6 Å². The van der Waals surface area contributed by atoms with Gasteiger partial charge < -0.3 is 5.32 Å². The first-order valence-corrected chi connectivity index (χ1v) is 8.88. The topological polar surface area (TPSA) is 90.3 Å². The molecule has 2 unspecified atom stereocenters. The molecular weight excluding hydrogens is 326 g/mol. The summed E-state index contributed by atoms with van der Waals surface area (Å²) in [4.78, 5) is 37.8. The number of hydrogen-bond donors (Lipinski definition) is 1. The lowest BCUT2D eigenvalue weighted by Gasteiger charge is -2.36. The molecule has 2 atom stereocenters. The normalized spacial score (nSPS) is 23.9. The van der Waals surface area contributed by atoms with Crippen molar-refractivity contribution in [2.45, 2.75) is 37.8 Å². The number of rotatable bonds is 3. The zero-order valence-electron chi connectivity index (χ0n) is 13.0. The van der Waals surface area contributed by atoms with Gasteiger partial charge >= 0.3 is 0 Å². The Morgan fingerprint density at radius 2 is 1.92 bits per heavy atom. The maximum absolute atomic E-state index is 12.4. The number of nitrogens with zero attached hydrogens (tertiary/aromatic N) is 2. The highest BCUT2D eigenvalue weighted by molar-refractivity contribution is 8.14. The highest BCUT2D eigenvalue weighted by Crippen LogP contribution is 2.30. The van der Waals surface area contributed by atoms with Crippen molar-refractivity contribution in [2.24, 2.45) is 0 Å². The van der Waals surface area contributed by atoms with Crippen LogP contribution in [0.5, 0.6) is 0 Å². The Balaban J connectivity index is 1.73. The number of thioether (sulfide) groups is 1. The predicted octanol–water partition coefficient (Wildman–Crippen LogP) is 2.29. The van der Waals surface area contributed by atoms with Gasteiger partial charge in [0.05, 0.1) is 29.5 Å². The van der Waals surface area contributed by atoms with E-state index in [1.165, 1.54) is 4.90 Å². The van der Waals surface area contributed by atoms with Gasteiger partial charge in [0.2, 0.25) is 5.91 Å². The molecule has 1 heterocycles. The second-order valence-electron chi connectivity index (χ2n) is 5.94. The van der Waals surface area contributed by atoms with Gasteiger partial charge in [-0.3, -0.25) is 19.3 Å². The Kier molecular flexibility index (Phi) is 4.86. The number of carbonyl (C=O) groups is 3. The summed E-state index contributed by atoms with van der Waals surface area (Å²) in [6.07, 6.45) is 3.36. The molecule has 0 aromatic heterocycles. The summed E-state index contributed by atoms with van der Waals surface area (Å²) < 4.78 is 0. The molecule has 1 aliphatic carbocycles. The third-order valence-electron chi connectivity index (χ3n) is 4.44. The summed E-state index contributed by atoms with van der Waals surface area (Å²) in [5.74, 6) is -0.233. The van der Waals surface area contributed by atoms with E-state index in [9.17, 15) is 14.4 Å². The Morgan fingerprint density at radius 3 is 2.54 bits per heavy atom. The number of nitrogens with one attached hydrogen (secondary N) is 1. The SMILES string of the molecule is N#Cc1ccc(C(=O)NC2CCCCC2N2C(=O)CSC2=O)cc1. The maximum atomic E-state index is 12.4. The second kappa shape index (κ2) is 7.05. The van der Waals surface area contributed by atoms with E-state index < -0.39 is 0 Å². The molecule has 3 rings (SSSR count). The molecule has 1 saturated carbocycles. The molecule has 1 saturated heterocycles. The van der Waals surface area contributed by atoms with Crippen LogP contribution < -0.4 is 5.32 Å². The van der Waals surface area contributed by atoms with E-state index in [0.29, 0.717) is 11.1 Å². The first kappa shape index (κ1) is 16.5. The van der Waals surface area contributed by atoms with E-state index >= 15 is 0 Å². The predicted molar refractivity (Wildman–Crippen MR) is 89.4 cm³/mol. The van der Waals surface area contributed by atoms with Crippen molar-refractivity contribution in [2.75, 3.05) is 5.75 Å². The van der Waals surface area contributed by atoms with E-state index in [1.807, 2.05) is 6.07 Å². The number of hydrogen-bond acceptors (Lipinski definition) is 5. The maximum Gasteiger partial charge on any atom is 0.289 e. The molecule has 6 nitrogen and oxygen atoms in total. The molecule has 124 valence electrons. The van der Waals surface area contributed by atoms with Gasteiger partial charge in [0.25, 0.3) is 11.1 Å². The fraction of sp³-hybridized carbons (Fsp3) is 0.412. The first-order chi connectivity index (χ1) is 11.6. The fourth-order valence-corrected chi connectivity index (χ4v) is 3.98. The Bertz CT molecular complexity index is 695. The Morgan fingerprint density at radius 1 is 1.21 bits per heavy atom. The van der Waals surface area contributed by atoms with Gasteiger partial charge in [-0.15, -0.1) is 0 Å². The van der Waals surface area contributed by atoms with Crippen LogP contribution in [0.3, 0.4) is 0 Å². The van der Waals surface area contributed by atoms with Crippen LogP contribution in [-0.4, -0.2) is 39.8 Å². The summed E-state index contributed by atoms with van der Waals surface area (Å²) in [7, 11) is 0. The molecule has 2 aliphatic rings. The van der Waals surface area contributed by atoms with E-state index in [2.05, 4.69) is 5.32 Å². The summed E-state index contributed by atoms with van der Waals surface area (Å²) in [6, 6.07) is 7.92. The first-order valence-electron chi connectivity index (χ1n) is 7.90. The molecule has 24 heavy (non-hydrogen) atoms. The van der Waals surface area contributed by atoms with Crippen molar-refractivity contribution in [3.63, 3.8) is 0 Å². The van der Waals surface area contributed by atoms with Gasteiger partial charge in [-0.25, -0.2) is 0 Å². The summed E-state index contributed by atoms with van der Waals surface area (Å²) in [6.45, 7) is 0. The van der Waals surface area contributed by atoms with Crippen LogP contribution in [0.2, 0.25) is 0 Å². The van der Waals surface area contributed by atoms with Gasteiger partial charge in [-0.1, -0.05) is 24.6 Å². The molecule has 1 aromatic rings. The van der Waals surface area contributed by atoms with Crippen molar-refractivity contribution in [1.82, 2.24) is 10.2 Å². The van der Waals surface area contributed by atoms with Crippen molar-refractivity contribution in [3.05, 3.63) is 35.4 Å². The van der Waals surface area contributed by atoms with Crippen molar-refractivity contribution in [1.29, 1.82) is 5.26 Å². The van der Waals surface area contributed by atoms with E-state index in [4.69, 9.17) is 5.26 Å². The van der Waals surface area contributed by atoms with Crippen LogP contribution in [0.25, 0.3) is 0 Å². The lowest BCUT2D eigenvalue weighted by molar-refractivity contribution is -0.127. The van der Waals surface area contributed by atoms with E-state index in [-0.39, 0.29) is 34.9 Å². The minimum Gasteiger partial charge on any atom is -0.347 e. The lowest BCUT2D eigenvalue weighted by Crippen LogP contribution is -2.54. The highest BCUT2D eigenvalue weighted by atomic mass is 32.2. The highest BCUT2D eigenvalue weighted by Gasteiger charge is 2.41. The van der Waals surface area contributed by atoms with Gasteiger partial charge in [-0.05, 0) is 37.1 Å². The zero-order chi connectivity index (χ0) is 17.1. The number of benzene rings is 1. The third-order valence-corrected chi connectivity index (χ3v) is 5.27. The molecule has 7 heteroatoms. The van der Waals surface area contributed by atoms with E-state index in [0.717, 1.165) is 37.4 Å². The quantitative estimate of drug-likeness (QED) is 0.909. The smallest absolute Gasteiger partial charge is 0.289 e. The van der Waals surface area contributed by atoms with Crippen LogP contribution in [0.4, 0.5) is 4.79 Å². The minimum absolute atomic E-state index is 0.172. The number of carbonyl (C=O) groups excluding carboxylic acids is 3. The van der Waals surface area contributed by atoms with Crippen molar-refractivity contribution < 1.29 is 14.4 Å². The average Bonchev–Trinajstić information content (AvgIpc) is 2.94. The zero-order valence-corrected chi connectivity index (χ0v) is 13.8.